The number of fused-ring (bicyclic) bond motifs is 1. The van der Waals surface area contributed by atoms with Gasteiger partial charge in [-0.15, -0.1) is 15.3 Å². The first-order valence-electron chi connectivity index (χ1n) is 9.52. The van der Waals surface area contributed by atoms with Crippen LogP contribution >= 0.6 is 0 Å². The fraction of sp³-hybridized carbons (Fsp3) is 0.400. The highest BCUT2D eigenvalue weighted by Crippen LogP contribution is 2.21. The molecule has 140 valence electrons. The molecule has 3 aromatic rings. The minimum Gasteiger partial charge on any atom is -0.366 e. The summed E-state index contributed by atoms with van der Waals surface area (Å²) >= 11 is 0. The number of aryl methyl sites for hydroxylation is 2. The van der Waals surface area contributed by atoms with Gasteiger partial charge in [0, 0.05) is 24.6 Å². The lowest BCUT2D eigenvalue weighted by Gasteiger charge is -2.12. The fourth-order valence-corrected chi connectivity index (χ4v) is 3.43. The normalized spacial score (nSPS) is 14.6. The van der Waals surface area contributed by atoms with Crippen molar-refractivity contribution in [3.63, 3.8) is 0 Å². The summed E-state index contributed by atoms with van der Waals surface area (Å²) in [6.07, 6.45) is 5.74. The number of nitrogens with zero attached hydrogens (tertiary/aromatic N) is 4. The zero-order valence-corrected chi connectivity index (χ0v) is 15.5. The van der Waals surface area contributed by atoms with E-state index in [0.717, 1.165) is 17.1 Å². The molecule has 2 heterocycles. The first kappa shape index (κ1) is 17.5. The Morgan fingerprint density at radius 3 is 2.67 bits per heavy atom. The third-order valence-corrected chi connectivity index (χ3v) is 4.95. The lowest BCUT2D eigenvalue weighted by Crippen LogP contribution is -2.17. The van der Waals surface area contributed by atoms with Gasteiger partial charge in [-0.3, -0.25) is 4.79 Å². The zero-order valence-electron chi connectivity index (χ0n) is 15.5. The molecule has 0 atom stereocenters. The summed E-state index contributed by atoms with van der Waals surface area (Å²) in [5, 5.41) is 19.4. The van der Waals surface area contributed by atoms with Crippen LogP contribution in [0.1, 0.15) is 43.5 Å². The van der Waals surface area contributed by atoms with Gasteiger partial charge in [-0.2, -0.15) is 4.52 Å². The van der Waals surface area contributed by atoms with E-state index < -0.39 is 0 Å². The molecule has 2 aromatic heterocycles. The van der Waals surface area contributed by atoms with E-state index in [1.54, 1.807) is 4.52 Å². The number of hydrogen-bond donors (Lipinski definition) is 2. The van der Waals surface area contributed by atoms with Crippen molar-refractivity contribution >= 4 is 23.1 Å². The monoisotopic (exact) mass is 364 g/mol. The minimum absolute atomic E-state index is 0.0455. The average Bonchev–Trinajstić information content (AvgIpc) is 3.31. The summed E-state index contributed by atoms with van der Waals surface area (Å²) in [5.41, 5.74) is 2.66. The molecule has 7 heteroatoms. The second-order valence-electron chi connectivity index (χ2n) is 7.14. The van der Waals surface area contributed by atoms with Crippen molar-refractivity contribution in [1.82, 2.24) is 19.8 Å². The molecule has 0 unspecified atom stereocenters. The SMILES string of the molecule is Cc1ccc(NC(=O)CCc2nnc3ccc(NC4CCCC4)nn23)cc1. The molecule has 1 aromatic carbocycles. The van der Waals surface area contributed by atoms with Gasteiger partial charge >= 0.3 is 0 Å². The Labute approximate surface area is 158 Å². The molecule has 0 saturated heterocycles. The molecule has 1 aliphatic carbocycles. The fourth-order valence-electron chi connectivity index (χ4n) is 3.43. The Kier molecular flexibility index (Phi) is 5.00. The van der Waals surface area contributed by atoms with Crippen LogP contribution in [0.25, 0.3) is 5.65 Å². The number of rotatable bonds is 6. The summed E-state index contributed by atoms with van der Waals surface area (Å²) < 4.78 is 1.73. The molecule has 2 N–H and O–H groups in total. The Balaban J connectivity index is 1.40. The maximum Gasteiger partial charge on any atom is 0.224 e. The highest BCUT2D eigenvalue weighted by molar-refractivity contribution is 5.90. The van der Waals surface area contributed by atoms with Gasteiger partial charge in [-0.25, -0.2) is 0 Å². The average molecular weight is 364 g/mol. The Bertz CT molecular complexity index is 927. The van der Waals surface area contributed by atoms with E-state index in [0.29, 0.717) is 30.4 Å². The molecule has 1 fully saturated rings. The summed E-state index contributed by atoms with van der Waals surface area (Å²) in [6, 6.07) is 12.1. The van der Waals surface area contributed by atoms with Gasteiger partial charge in [0.15, 0.2) is 11.5 Å². The summed E-state index contributed by atoms with van der Waals surface area (Å²) in [6.45, 7) is 2.02. The minimum atomic E-state index is -0.0455. The zero-order chi connectivity index (χ0) is 18.6. The van der Waals surface area contributed by atoms with E-state index in [4.69, 9.17) is 0 Å². The summed E-state index contributed by atoms with van der Waals surface area (Å²) in [5.74, 6) is 1.48. The van der Waals surface area contributed by atoms with Crippen molar-refractivity contribution in [2.45, 2.75) is 51.5 Å². The maximum absolute atomic E-state index is 12.2. The van der Waals surface area contributed by atoms with Crippen molar-refractivity contribution < 1.29 is 4.79 Å². The quantitative estimate of drug-likeness (QED) is 0.701. The molecular weight excluding hydrogens is 340 g/mol. The molecule has 0 radical (unpaired) electrons. The number of benzene rings is 1. The number of anilines is 2. The highest BCUT2D eigenvalue weighted by atomic mass is 16.1. The van der Waals surface area contributed by atoms with Crippen molar-refractivity contribution in [2.24, 2.45) is 0 Å². The first-order chi connectivity index (χ1) is 13.2. The number of carbonyl (C=O) groups excluding carboxylic acids is 1. The predicted octanol–water partition coefficient (Wildman–Crippen LogP) is 3.36. The molecule has 0 bridgehead atoms. The number of aromatic nitrogens is 4. The maximum atomic E-state index is 12.2. The van der Waals surface area contributed by atoms with Gasteiger partial charge in [0.05, 0.1) is 0 Å². The van der Waals surface area contributed by atoms with Crippen molar-refractivity contribution in [1.29, 1.82) is 0 Å². The van der Waals surface area contributed by atoms with Crippen LogP contribution in [-0.4, -0.2) is 31.8 Å². The largest absolute Gasteiger partial charge is 0.366 e. The lowest BCUT2D eigenvalue weighted by molar-refractivity contribution is -0.116. The molecular formula is C20H24N6O. The van der Waals surface area contributed by atoms with Crippen LogP contribution in [0.3, 0.4) is 0 Å². The lowest BCUT2D eigenvalue weighted by atomic mass is 10.2. The number of nitrogens with one attached hydrogen (secondary N) is 2. The smallest absolute Gasteiger partial charge is 0.224 e. The number of amides is 1. The molecule has 4 rings (SSSR count). The van der Waals surface area contributed by atoms with E-state index in [-0.39, 0.29) is 5.91 Å². The first-order valence-corrected chi connectivity index (χ1v) is 9.52. The number of hydrogen-bond acceptors (Lipinski definition) is 5. The van der Waals surface area contributed by atoms with Crippen molar-refractivity contribution in [2.75, 3.05) is 10.6 Å². The molecule has 7 nitrogen and oxygen atoms in total. The molecule has 27 heavy (non-hydrogen) atoms. The van der Waals surface area contributed by atoms with Crippen LogP contribution in [0.4, 0.5) is 11.5 Å². The molecule has 0 spiro atoms. The Morgan fingerprint density at radius 2 is 1.89 bits per heavy atom. The van der Waals surface area contributed by atoms with E-state index in [9.17, 15) is 4.79 Å². The van der Waals surface area contributed by atoms with Crippen LogP contribution in [0, 0.1) is 6.92 Å². The standard InChI is InChI=1S/C20H24N6O/c1-14-6-8-16(9-7-14)22-20(27)13-12-19-24-23-18-11-10-17(25-26(18)19)21-15-4-2-3-5-15/h6-11,15H,2-5,12-13H2,1H3,(H,21,25)(H,22,27). The number of carbonyl (C=O) groups is 1. The van der Waals surface area contributed by atoms with E-state index >= 15 is 0 Å². The predicted molar refractivity (Wildman–Crippen MR) is 105 cm³/mol. The molecule has 1 amide bonds. The second-order valence-corrected chi connectivity index (χ2v) is 7.14. The van der Waals surface area contributed by atoms with Crippen LogP contribution in [0.5, 0.6) is 0 Å². The molecule has 1 saturated carbocycles. The third-order valence-electron chi connectivity index (χ3n) is 4.95. The van der Waals surface area contributed by atoms with Gasteiger partial charge in [0.25, 0.3) is 0 Å². The Morgan fingerprint density at radius 1 is 1.11 bits per heavy atom. The van der Waals surface area contributed by atoms with Crippen LogP contribution in [0.15, 0.2) is 36.4 Å². The van der Waals surface area contributed by atoms with E-state index in [2.05, 4.69) is 25.9 Å². The van der Waals surface area contributed by atoms with Gasteiger partial charge in [0.2, 0.25) is 5.91 Å². The van der Waals surface area contributed by atoms with Crippen LogP contribution < -0.4 is 10.6 Å². The summed E-state index contributed by atoms with van der Waals surface area (Å²) in [4.78, 5) is 12.2. The van der Waals surface area contributed by atoms with Crippen molar-refractivity contribution in [3.8, 4) is 0 Å². The highest BCUT2D eigenvalue weighted by Gasteiger charge is 2.16. The molecule has 1 aliphatic rings. The van der Waals surface area contributed by atoms with E-state index in [1.165, 1.54) is 25.7 Å². The van der Waals surface area contributed by atoms with Gasteiger partial charge in [-0.1, -0.05) is 30.5 Å². The Hall–Kier alpha value is -2.96. The van der Waals surface area contributed by atoms with Gasteiger partial charge < -0.3 is 10.6 Å². The van der Waals surface area contributed by atoms with Crippen LogP contribution in [0.2, 0.25) is 0 Å². The third kappa shape index (κ3) is 4.24. The van der Waals surface area contributed by atoms with E-state index in [1.807, 2.05) is 43.3 Å². The molecule has 0 aliphatic heterocycles. The summed E-state index contributed by atoms with van der Waals surface area (Å²) in [7, 11) is 0. The van der Waals surface area contributed by atoms with Gasteiger partial charge in [0.1, 0.15) is 5.82 Å². The van der Waals surface area contributed by atoms with Gasteiger partial charge in [-0.05, 0) is 44.0 Å². The second kappa shape index (κ2) is 7.73. The topological polar surface area (TPSA) is 84.2 Å². The van der Waals surface area contributed by atoms with Crippen LogP contribution in [-0.2, 0) is 11.2 Å². The van der Waals surface area contributed by atoms with Crippen molar-refractivity contribution in [3.05, 3.63) is 47.8 Å².